The highest BCUT2D eigenvalue weighted by molar-refractivity contribution is 9.10. The molecular weight excluding hydrogens is 324 g/mol. The minimum Gasteiger partial charge on any atom is -0.343 e. The van der Waals surface area contributed by atoms with Gasteiger partial charge in [0.1, 0.15) is 5.01 Å². The first-order chi connectivity index (χ1) is 8.99. The number of amides is 1. The van der Waals surface area contributed by atoms with Crippen molar-refractivity contribution in [3.8, 4) is 0 Å². The van der Waals surface area contributed by atoms with Gasteiger partial charge in [0.25, 0.3) is 5.91 Å². The number of thiazole rings is 1. The number of nitrogens with one attached hydrogen (secondary N) is 1. The number of rotatable bonds is 3. The van der Waals surface area contributed by atoms with E-state index in [1.807, 2.05) is 44.4 Å². The summed E-state index contributed by atoms with van der Waals surface area (Å²) in [5.41, 5.74) is 2.68. The molecule has 0 aliphatic carbocycles. The van der Waals surface area contributed by atoms with Crippen LogP contribution in [-0.4, -0.2) is 10.9 Å². The molecule has 0 aliphatic heterocycles. The molecule has 5 heteroatoms. The minimum absolute atomic E-state index is 0.0846. The maximum atomic E-state index is 12.2. The van der Waals surface area contributed by atoms with Crippen LogP contribution in [0.4, 0.5) is 0 Å². The molecule has 0 fully saturated rings. The third-order valence-corrected chi connectivity index (χ3v) is 4.99. The van der Waals surface area contributed by atoms with E-state index in [2.05, 4.69) is 26.2 Å². The molecule has 2 rings (SSSR count). The van der Waals surface area contributed by atoms with Gasteiger partial charge in [-0.2, -0.15) is 0 Å². The van der Waals surface area contributed by atoms with Crippen LogP contribution in [0.5, 0.6) is 0 Å². The number of carbonyl (C=O) groups excluding carboxylic acids is 1. The van der Waals surface area contributed by atoms with Gasteiger partial charge >= 0.3 is 0 Å². The van der Waals surface area contributed by atoms with Crippen molar-refractivity contribution in [2.24, 2.45) is 0 Å². The van der Waals surface area contributed by atoms with Gasteiger partial charge in [0.2, 0.25) is 0 Å². The number of aryl methyl sites for hydroxylation is 2. The fourth-order valence-electron chi connectivity index (χ4n) is 1.73. The van der Waals surface area contributed by atoms with Gasteiger partial charge in [0, 0.05) is 15.5 Å². The first-order valence-corrected chi connectivity index (χ1v) is 7.64. The number of benzene rings is 1. The number of hydrogen-bond donors (Lipinski definition) is 1. The molecular formula is C14H15BrN2OS. The highest BCUT2D eigenvalue weighted by Crippen LogP contribution is 2.23. The minimum atomic E-state index is -0.0871. The molecule has 100 valence electrons. The number of aromatic nitrogens is 1. The maximum Gasteiger partial charge on any atom is 0.252 e. The van der Waals surface area contributed by atoms with Crippen molar-refractivity contribution < 1.29 is 4.79 Å². The molecule has 1 heterocycles. The smallest absolute Gasteiger partial charge is 0.252 e. The average Bonchev–Trinajstić information content (AvgIpc) is 2.79. The van der Waals surface area contributed by atoms with Crippen molar-refractivity contribution in [3.63, 3.8) is 0 Å². The lowest BCUT2D eigenvalue weighted by Crippen LogP contribution is -2.27. The Labute approximate surface area is 125 Å². The van der Waals surface area contributed by atoms with Gasteiger partial charge in [-0.3, -0.25) is 4.79 Å². The van der Waals surface area contributed by atoms with Crippen LogP contribution < -0.4 is 5.32 Å². The van der Waals surface area contributed by atoms with Gasteiger partial charge in [-0.25, -0.2) is 4.98 Å². The Balaban J connectivity index is 2.15. The zero-order chi connectivity index (χ0) is 14.0. The molecule has 1 aromatic carbocycles. The summed E-state index contributed by atoms with van der Waals surface area (Å²) in [7, 11) is 0. The van der Waals surface area contributed by atoms with Crippen LogP contribution >= 0.6 is 27.3 Å². The normalized spacial score (nSPS) is 12.2. The van der Waals surface area contributed by atoms with Gasteiger partial charge in [-0.05, 0) is 48.3 Å². The van der Waals surface area contributed by atoms with E-state index in [0.29, 0.717) is 5.56 Å². The van der Waals surface area contributed by atoms with Crippen molar-refractivity contribution in [1.82, 2.24) is 10.3 Å². The van der Waals surface area contributed by atoms with Crippen LogP contribution in [0.3, 0.4) is 0 Å². The van der Waals surface area contributed by atoms with Crippen LogP contribution in [0.15, 0.2) is 28.1 Å². The first kappa shape index (κ1) is 14.2. The van der Waals surface area contributed by atoms with Gasteiger partial charge in [0.15, 0.2) is 0 Å². The second-order valence-corrected chi connectivity index (χ2v) is 6.14. The number of hydrogen-bond acceptors (Lipinski definition) is 3. The molecule has 0 radical (unpaired) electrons. The molecule has 1 aromatic heterocycles. The Morgan fingerprint density at radius 1 is 1.42 bits per heavy atom. The number of halogens is 1. The third kappa shape index (κ3) is 3.22. The van der Waals surface area contributed by atoms with Gasteiger partial charge < -0.3 is 5.32 Å². The Hall–Kier alpha value is -1.20. The Morgan fingerprint density at radius 2 is 2.16 bits per heavy atom. The van der Waals surface area contributed by atoms with Crippen molar-refractivity contribution in [2.45, 2.75) is 26.8 Å². The summed E-state index contributed by atoms with van der Waals surface area (Å²) in [6, 6.07) is 5.58. The van der Waals surface area contributed by atoms with E-state index in [0.717, 1.165) is 20.7 Å². The zero-order valence-electron chi connectivity index (χ0n) is 11.0. The van der Waals surface area contributed by atoms with E-state index >= 15 is 0 Å². The molecule has 19 heavy (non-hydrogen) atoms. The third-order valence-electron chi connectivity index (χ3n) is 2.79. The van der Waals surface area contributed by atoms with Gasteiger partial charge in [-0.15, -0.1) is 11.3 Å². The molecule has 0 aliphatic rings. The summed E-state index contributed by atoms with van der Waals surface area (Å²) in [5.74, 6) is -0.0871. The molecule has 1 atom stereocenters. The van der Waals surface area contributed by atoms with Crippen LogP contribution in [-0.2, 0) is 0 Å². The first-order valence-electron chi connectivity index (χ1n) is 5.97. The predicted octanol–water partition coefficient (Wildman–Crippen LogP) is 4.01. The van der Waals surface area contributed by atoms with Crippen LogP contribution in [0, 0.1) is 13.8 Å². The number of nitrogens with zero attached hydrogens (tertiary/aromatic N) is 1. The maximum absolute atomic E-state index is 12.2. The van der Waals surface area contributed by atoms with Crippen molar-refractivity contribution >= 4 is 33.2 Å². The summed E-state index contributed by atoms with van der Waals surface area (Å²) in [4.78, 5) is 16.6. The molecule has 0 saturated carbocycles. The highest BCUT2D eigenvalue weighted by Gasteiger charge is 2.16. The lowest BCUT2D eigenvalue weighted by molar-refractivity contribution is 0.0939. The lowest BCUT2D eigenvalue weighted by Gasteiger charge is -2.13. The predicted molar refractivity (Wildman–Crippen MR) is 81.6 cm³/mol. The second kappa shape index (κ2) is 5.84. The molecule has 0 saturated heterocycles. The van der Waals surface area contributed by atoms with E-state index in [4.69, 9.17) is 0 Å². The SMILES string of the molecule is Cc1csc(C(C)NC(=O)c2cccc(C)c2Br)n1. The Bertz CT molecular complexity index is 609. The molecule has 1 amide bonds. The van der Waals surface area contributed by atoms with E-state index in [1.165, 1.54) is 0 Å². The highest BCUT2D eigenvalue weighted by atomic mass is 79.9. The molecule has 1 N–H and O–H groups in total. The molecule has 1 unspecified atom stereocenters. The summed E-state index contributed by atoms with van der Waals surface area (Å²) >= 11 is 5.02. The second-order valence-electron chi connectivity index (χ2n) is 4.46. The summed E-state index contributed by atoms with van der Waals surface area (Å²) < 4.78 is 0.843. The zero-order valence-corrected chi connectivity index (χ0v) is 13.4. The molecule has 0 bridgehead atoms. The van der Waals surface area contributed by atoms with E-state index in [9.17, 15) is 4.79 Å². The lowest BCUT2D eigenvalue weighted by atomic mass is 10.1. The van der Waals surface area contributed by atoms with Crippen molar-refractivity contribution in [1.29, 1.82) is 0 Å². The Kier molecular flexibility index (Phi) is 4.37. The van der Waals surface area contributed by atoms with E-state index < -0.39 is 0 Å². The molecule has 0 spiro atoms. The van der Waals surface area contributed by atoms with Crippen LogP contribution in [0.25, 0.3) is 0 Å². The fourth-order valence-corrected chi connectivity index (χ4v) is 2.98. The van der Waals surface area contributed by atoms with Gasteiger partial charge in [-0.1, -0.05) is 12.1 Å². The van der Waals surface area contributed by atoms with Gasteiger partial charge in [0.05, 0.1) is 11.6 Å². The summed E-state index contributed by atoms with van der Waals surface area (Å²) in [6.07, 6.45) is 0. The fraction of sp³-hybridized carbons (Fsp3) is 0.286. The van der Waals surface area contributed by atoms with Crippen LogP contribution in [0.2, 0.25) is 0 Å². The van der Waals surface area contributed by atoms with Crippen LogP contribution in [0.1, 0.15) is 39.6 Å². The van der Waals surface area contributed by atoms with Crippen molar-refractivity contribution in [2.75, 3.05) is 0 Å². The largest absolute Gasteiger partial charge is 0.343 e. The van der Waals surface area contributed by atoms with E-state index in [-0.39, 0.29) is 11.9 Å². The summed E-state index contributed by atoms with van der Waals surface area (Å²) in [6.45, 7) is 5.86. The van der Waals surface area contributed by atoms with E-state index in [1.54, 1.807) is 11.3 Å². The van der Waals surface area contributed by atoms with Crippen molar-refractivity contribution in [3.05, 3.63) is 49.9 Å². The standard InChI is InChI=1S/C14H15BrN2OS/c1-8-5-4-6-11(12(8)15)13(18)17-10(3)14-16-9(2)7-19-14/h4-7,10H,1-3H3,(H,17,18). The molecule has 3 nitrogen and oxygen atoms in total. The summed E-state index contributed by atoms with van der Waals surface area (Å²) in [5, 5.41) is 5.89. The topological polar surface area (TPSA) is 42.0 Å². The number of carbonyl (C=O) groups is 1. The average molecular weight is 339 g/mol. The molecule has 2 aromatic rings. The quantitative estimate of drug-likeness (QED) is 0.918. The Morgan fingerprint density at radius 3 is 2.79 bits per heavy atom. The monoisotopic (exact) mass is 338 g/mol.